The zero-order valence-electron chi connectivity index (χ0n) is 19.0. The molecule has 0 heterocycles. The van der Waals surface area contributed by atoms with Crippen molar-refractivity contribution in [3.63, 3.8) is 0 Å². The molecule has 0 spiro atoms. The second-order valence-electron chi connectivity index (χ2n) is 10.6. The lowest BCUT2D eigenvalue weighted by Gasteiger charge is -2.46. The third kappa shape index (κ3) is 5.19. The molecule has 0 saturated heterocycles. The smallest absolute Gasteiger partial charge is 0.118 e. The fourth-order valence-corrected chi connectivity index (χ4v) is 7.06. The van der Waals surface area contributed by atoms with Crippen molar-refractivity contribution in [3.05, 3.63) is 29.8 Å². The van der Waals surface area contributed by atoms with E-state index in [1.165, 1.54) is 69.8 Å². The molecule has 1 N–H and O–H groups in total. The normalized spacial score (nSPS) is 35.8. The molecule has 2 nitrogen and oxygen atoms in total. The molecule has 0 bridgehead atoms. The zero-order valence-corrected chi connectivity index (χ0v) is 19.0. The zero-order chi connectivity index (χ0) is 20.2. The van der Waals surface area contributed by atoms with Crippen LogP contribution in [0.4, 0.5) is 0 Å². The van der Waals surface area contributed by atoms with Crippen LogP contribution in [0.3, 0.4) is 0 Å². The van der Waals surface area contributed by atoms with E-state index in [4.69, 9.17) is 4.74 Å². The molecule has 3 fully saturated rings. The van der Waals surface area contributed by atoms with Gasteiger partial charge in [-0.05, 0) is 99.2 Å². The van der Waals surface area contributed by atoms with E-state index in [2.05, 4.69) is 43.4 Å². The molecular weight excluding hydrogens is 354 g/mol. The maximum absolute atomic E-state index is 5.29. The maximum atomic E-state index is 5.29. The standard InChI is InChI=1S/C27H43NO/c1-19-10-15-22-6-4-8-25-24(26(22)18-19)7-5-9-27(25)28-20(2)11-12-21-13-16-23(29-3)17-14-21/h13-14,16-17,19-20,22,24-28H,4-12,15,18H2,1-3H3. The number of nitrogens with one attached hydrogen (secondary N) is 1. The van der Waals surface area contributed by atoms with Crippen molar-refractivity contribution in [2.24, 2.45) is 29.6 Å². The number of ether oxygens (including phenoxy) is 1. The summed E-state index contributed by atoms with van der Waals surface area (Å²) in [6, 6.07) is 9.98. The van der Waals surface area contributed by atoms with Gasteiger partial charge in [0.15, 0.2) is 0 Å². The topological polar surface area (TPSA) is 21.3 Å². The molecule has 1 aromatic rings. The monoisotopic (exact) mass is 397 g/mol. The summed E-state index contributed by atoms with van der Waals surface area (Å²) in [5.74, 6) is 5.94. The second kappa shape index (κ2) is 9.86. The quantitative estimate of drug-likeness (QED) is 0.582. The van der Waals surface area contributed by atoms with Gasteiger partial charge in [-0.15, -0.1) is 0 Å². The Balaban J connectivity index is 1.34. The minimum Gasteiger partial charge on any atom is -0.497 e. The van der Waals surface area contributed by atoms with E-state index < -0.39 is 0 Å². The molecule has 29 heavy (non-hydrogen) atoms. The first kappa shape index (κ1) is 21.2. The highest BCUT2D eigenvalue weighted by molar-refractivity contribution is 5.27. The highest BCUT2D eigenvalue weighted by atomic mass is 16.5. The Hall–Kier alpha value is -1.02. The number of aryl methyl sites for hydroxylation is 1. The van der Waals surface area contributed by atoms with Gasteiger partial charge in [-0.3, -0.25) is 0 Å². The molecular formula is C27H43NO. The van der Waals surface area contributed by atoms with Crippen LogP contribution in [0.2, 0.25) is 0 Å². The van der Waals surface area contributed by atoms with Crippen LogP contribution in [0.25, 0.3) is 0 Å². The highest BCUT2D eigenvalue weighted by Crippen LogP contribution is 2.51. The summed E-state index contributed by atoms with van der Waals surface area (Å²) in [5.41, 5.74) is 1.43. The molecule has 162 valence electrons. The highest BCUT2D eigenvalue weighted by Gasteiger charge is 2.43. The van der Waals surface area contributed by atoms with E-state index in [0.29, 0.717) is 6.04 Å². The first-order chi connectivity index (χ1) is 14.1. The number of hydrogen-bond acceptors (Lipinski definition) is 2. The van der Waals surface area contributed by atoms with Crippen LogP contribution in [-0.4, -0.2) is 19.2 Å². The van der Waals surface area contributed by atoms with E-state index in [1.54, 1.807) is 7.11 Å². The maximum Gasteiger partial charge on any atom is 0.118 e. The van der Waals surface area contributed by atoms with Crippen LogP contribution in [0.15, 0.2) is 24.3 Å². The van der Waals surface area contributed by atoms with Crippen molar-refractivity contribution in [1.29, 1.82) is 0 Å². The van der Waals surface area contributed by atoms with Crippen LogP contribution < -0.4 is 10.1 Å². The van der Waals surface area contributed by atoms with E-state index in [9.17, 15) is 0 Å². The first-order valence-corrected chi connectivity index (χ1v) is 12.5. The third-order valence-electron chi connectivity index (χ3n) is 8.62. The Morgan fingerprint density at radius 1 is 0.931 bits per heavy atom. The number of rotatable bonds is 6. The Labute approximate surface area is 179 Å². The van der Waals surface area contributed by atoms with E-state index >= 15 is 0 Å². The molecule has 7 unspecified atom stereocenters. The molecule has 1 aromatic carbocycles. The third-order valence-corrected chi connectivity index (χ3v) is 8.62. The van der Waals surface area contributed by atoms with Crippen molar-refractivity contribution in [2.45, 2.75) is 96.6 Å². The molecule has 0 aliphatic heterocycles. The van der Waals surface area contributed by atoms with Crippen LogP contribution in [-0.2, 0) is 6.42 Å². The van der Waals surface area contributed by atoms with E-state index in [-0.39, 0.29) is 0 Å². The summed E-state index contributed by atoms with van der Waals surface area (Å²) in [6.45, 7) is 4.92. The SMILES string of the molecule is COc1ccc(CCC(C)NC2CCCC3C4CC(C)CCC4CCCC23)cc1. The van der Waals surface area contributed by atoms with Gasteiger partial charge in [-0.2, -0.15) is 0 Å². The van der Waals surface area contributed by atoms with Crippen molar-refractivity contribution in [2.75, 3.05) is 7.11 Å². The van der Waals surface area contributed by atoms with Crippen molar-refractivity contribution in [1.82, 2.24) is 5.32 Å². The molecule has 3 aliphatic carbocycles. The summed E-state index contributed by atoms with van der Waals surface area (Å²) in [7, 11) is 1.74. The van der Waals surface area contributed by atoms with Crippen LogP contribution >= 0.6 is 0 Å². The molecule has 0 radical (unpaired) electrons. The van der Waals surface area contributed by atoms with Gasteiger partial charge in [0, 0.05) is 12.1 Å². The summed E-state index contributed by atoms with van der Waals surface area (Å²) < 4.78 is 5.29. The Kier molecular flexibility index (Phi) is 7.21. The van der Waals surface area contributed by atoms with Crippen molar-refractivity contribution < 1.29 is 4.74 Å². The van der Waals surface area contributed by atoms with Crippen LogP contribution in [0.5, 0.6) is 5.75 Å². The Morgan fingerprint density at radius 2 is 1.69 bits per heavy atom. The fraction of sp³-hybridized carbons (Fsp3) is 0.778. The van der Waals surface area contributed by atoms with Gasteiger partial charge < -0.3 is 10.1 Å². The second-order valence-corrected chi connectivity index (χ2v) is 10.6. The van der Waals surface area contributed by atoms with Crippen molar-refractivity contribution in [3.8, 4) is 5.75 Å². The predicted molar refractivity (Wildman–Crippen MR) is 122 cm³/mol. The van der Waals surface area contributed by atoms with Gasteiger partial charge in [0.05, 0.1) is 7.11 Å². The molecule has 3 aliphatic rings. The Bertz CT molecular complexity index is 626. The molecule has 3 saturated carbocycles. The summed E-state index contributed by atoms with van der Waals surface area (Å²) in [5, 5.41) is 4.12. The lowest BCUT2D eigenvalue weighted by atomic mass is 9.62. The fourth-order valence-electron chi connectivity index (χ4n) is 7.06. The Morgan fingerprint density at radius 3 is 2.48 bits per heavy atom. The summed E-state index contributed by atoms with van der Waals surface area (Å²) >= 11 is 0. The number of fused-ring (bicyclic) bond motifs is 3. The lowest BCUT2D eigenvalue weighted by Crippen LogP contribution is -2.48. The molecule has 0 amide bonds. The largest absolute Gasteiger partial charge is 0.497 e. The van der Waals surface area contributed by atoms with E-state index in [1.807, 2.05) is 0 Å². The number of benzene rings is 1. The van der Waals surface area contributed by atoms with Gasteiger partial charge in [-0.1, -0.05) is 44.7 Å². The van der Waals surface area contributed by atoms with Crippen LogP contribution in [0.1, 0.15) is 83.6 Å². The molecule has 7 atom stereocenters. The number of hydrogen-bond donors (Lipinski definition) is 1. The van der Waals surface area contributed by atoms with Gasteiger partial charge in [0.1, 0.15) is 5.75 Å². The van der Waals surface area contributed by atoms with Gasteiger partial charge in [-0.25, -0.2) is 0 Å². The minimum atomic E-state index is 0.602. The molecule has 0 aromatic heterocycles. The summed E-state index contributed by atoms with van der Waals surface area (Å²) in [6.07, 6.45) is 15.7. The molecule has 4 rings (SSSR count). The average Bonchev–Trinajstić information content (AvgIpc) is 2.92. The van der Waals surface area contributed by atoms with Gasteiger partial charge >= 0.3 is 0 Å². The van der Waals surface area contributed by atoms with Crippen LogP contribution in [0, 0.1) is 29.6 Å². The predicted octanol–water partition coefficient (Wildman–Crippen LogP) is 6.63. The molecule has 2 heteroatoms. The summed E-state index contributed by atoms with van der Waals surface area (Å²) in [4.78, 5) is 0. The van der Waals surface area contributed by atoms with Gasteiger partial charge in [0.2, 0.25) is 0 Å². The lowest BCUT2D eigenvalue weighted by molar-refractivity contribution is 0.0566. The number of methoxy groups -OCH3 is 1. The van der Waals surface area contributed by atoms with E-state index in [0.717, 1.165) is 47.8 Å². The minimum absolute atomic E-state index is 0.602. The first-order valence-electron chi connectivity index (χ1n) is 12.5. The van der Waals surface area contributed by atoms with Crippen molar-refractivity contribution >= 4 is 0 Å². The van der Waals surface area contributed by atoms with Gasteiger partial charge in [0.25, 0.3) is 0 Å². The average molecular weight is 398 g/mol.